The lowest BCUT2D eigenvalue weighted by Crippen LogP contribution is -2.45. The second-order valence-electron chi connectivity index (χ2n) is 4.14. The van der Waals surface area contributed by atoms with Gasteiger partial charge in [0.1, 0.15) is 0 Å². The third-order valence-corrected chi connectivity index (χ3v) is 3.07. The van der Waals surface area contributed by atoms with Crippen LogP contribution in [0.15, 0.2) is 18.5 Å². The van der Waals surface area contributed by atoms with E-state index < -0.39 is 0 Å². The molecule has 0 spiro atoms. The van der Waals surface area contributed by atoms with Crippen LogP contribution in [0, 0.1) is 0 Å². The van der Waals surface area contributed by atoms with Crippen LogP contribution in [0.5, 0.6) is 0 Å². The summed E-state index contributed by atoms with van der Waals surface area (Å²) in [7, 11) is 0. The quantitative estimate of drug-likeness (QED) is 0.770. The Labute approximate surface area is 98.8 Å². The first-order valence-electron chi connectivity index (χ1n) is 5.73. The zero-order chi connectivity index (χ0) is 11.7. The summed E-state index contributed by atoms with van der Waals surface area (Å²) in [5, 5.41) is 7.95. The molecule has 1 aliphatic rings. The van der Waals surface area contributed by atoms with Gasteiger partial charge >= 0.3 is 0 Å². The Balaban J connectivity index is 1.94. The maximum atomic E-state index is 5.65. The van der Waals surface area contributed by atoms with Gasteiger partial charge in [-0.25, -0.2) is 4.98 Å². The van der Waals surface area contributed by atoms with E-state index in [-0.39, 0.29) is 6.10 Å². The Morgan fingerprint density at radius 1 is 1.59 bits per heavy atom. The highest BCUT2D eigenvalue weighted by molar-refractivity contribution is 5.88. The zero-order valence-electron chi connectivity index (χ0n) is 9.47. The lowest BCUT2D eigenvalue weighted by molar-refractivity contribution is 0.0466. The number of nitrogens with one attached hydrogen (secondary N) is 1. The van der Waals surface area contributed by atoms with E-state index in [9.17, 15) is 0 Å². The van der Waals surface area contributed by atoms with Gasteiger partial charge in [0.2, 0.25) is 0 Å². The lowest BCUT2D eigenvalue weighted by atomic mass is 10.2. The first-order valence-corrected chi connectivity index (χ1v) is 5.73. The van der Waals surface area contributed by atoms with Crippen molar-refractivity contribution in [3.05, 3.63) is 18.5 Å². The molecule has 90 valence electrons. The molecule has 0 radical (unpaired) electrons. The van der Waals surface area contributed by atoms with E-state index in [1.54, 1.807) is 6.20 Å². The number of hydrogen-bond donors (Lipinski definition) is 2. The van der Waals surface area contributed by atoms with E-state index in [2.05, 4.69) is 20.1 Å². The van der Waals surface area contributed by atoms with Crippen LogP contribution in [0.3, 0.4) is 0 Å². The van der Waals surface area contributed by atoms with Crippen LogP contribution >= 0.6 is 0 Å². The molecule has 0 saturated carbocycles. The molecular weight excluding hydrogens is 218 g/mol. The molecule has 2 aromatic rings. The van der Waals surface area contributed by atoms with Gasteiger partial charge in [0, 0.05) is 25.8 Å². The van der Waals surface area contributed by atoms with Crippen molar-refractivity contribution in [3.63, 3.8) is 0 Å². The fourth-order valence-electron chi connectivity index (χ4n) is 2.19. The van der Waals surface area contributed by atoms with Gasteiger partial charge in [-0.15, -0.1) is 0 Å². The molecule has 1 atom stereocenters. The molecule has 6 heteroatoms. The fraction of sp³-hybridized carbons (Fsp3) is 0.455. The smallest absolute Gasteiger partial charge is 0.157 e. The standard InChI is InChI=1S/C11H15N5O/c12-5-8-7-16(3-4-17-8)10-1-2-13-11-9(10)6-14-15-11/h1-2,6,8H,3-5,7,12H2,(H,13,14,15)/t8-/m0/s1. The Bertz CT molecular complexity index is 511. The summed E-state index contributed by atoms with van der Waals surface area (Å²) >= 11 is 0. The van der Waals surface area contributed by atoms with Crippen molar-refractivity contribution in [3.8, 4) is 0 Å². The van der Waals surface area contributed by atoms with Crippen molar-refractivity contribution < 1.29 is 4.74 Å². The Morgan fingerprint density at radius 3 is 3.41 bits per heavy atom. The summed E-state index contributed by atoms with van der Waals surface area (Å²) in [6.45, 7) is 2.96. The number of nitrogens with zero attached hydrogens (tertiary/aromatic N) is 3. The van der Waals surface area contributed by atoms with Crippen LogP contribution in [0.2, 0.25) is 0 Å². The van der Waals surface area contributed by atoms with Gasteiger partial charge in [-0.1, -0.05) is 0 Å². The van der Waals surface area contributed by atoms with Gasteiger partial charge in [0.05, 0.1) is 30.0 Å². The van der Waals surface area contributed by atoms with E-state index in [1.807, 2.05) is 12.3 Å². The second kappa shape index (κ2) is 4.31. The second-order valence-corrected chi connectivity index (χ2v) is 4.14. The highest BCUT2D eigenvalue weighted by Crippen LogP contribution is 2.25. The third-order valence-electron chi connectivity index (χ3n) is 3.07. The Morgan fingerprint density at radius 2 is 2.53 bits per heavy atom. The average Bonchev–Trinajstić information content (AvgIpc) is 2.87. The maximum absolute atomic E-state index is 5.65. The van der Waals surface area contributed by atoms with Crippen LogP contribution in [-0.2, 0) is 4.74 Å². The maximum Gasteiger partial charge on any atom is 0.157 e. The molecule has 0 aromatic carbocycles. The average molecular weight is 233 g/mol. The molecule has 1 aliphatic heterocycles. The monoisotopic (exact) mass is 233 g/mol. The zero-order valence-corrected chi connectivity index (χ0v) is 9.47. The molecule has 0 unspecified atom stereocenters. The van der Waals surface area contributed by atoms with E-state index >= 15 is 0 Å². The predicted octanol–water partition coefficient (Wildman–Crippen LogP) is 0.122. The van der Waals surface area contributed by atoms with E-state index in [4.69, 9.17) is 10.5 Å². The van der Waals surface area contributed by atoms with Gasteiger partial charge in [0.25, 0.3) is 0 Å². The number of nitrogens with two attached hydrogens (primary N) is 1. The normalized spacial score (nSPS) is 21.0. The number of morpholine rings is 1. The summed E-state index contributed by atoms with van der Waals surface area (Å²) in [6, 6.07) is 2.01. The molecule has 3 rings (SSSR count). The van der Waals surface area contributed by atoms with Crippen molar-refractivity contribution in [1.29, 1.82) is 0 Å². The Kier molecular flexibility index (Phi) is 2.66. The van der Waals surface area contributed by atoms with Crippen LogP contribution in [0.1, 0.15) is 0 Å². The number of hydrogen-bond acceptors (Lipinski definition) is 5. The molecule has 6 nitrogen and oxygen atoms in total. The summed E-state index contributed by atoms with van der Waals surface area (Å²) < 4.78 is 5.57. The lowest BCUT2D eigenvalue weighted by Gasteiger charge is -2.34. The number of H-pyrrole nitrogens is 1. The molecule has 2 aromatic heterocycles. The van der Waals surface area contributed by atoms with Crippen molar-refractivity contribution in [2.75, 3.05) is 31.1 Å². The first-order chi connectivity index (χ1) is 8.38. The van der Waals surface area contributed by atoms with Gasteiger partial charge in [-0.3, -0.25) is 5.10 Å². The number of aromatic amines is 1. The molecule has 3 heterocycles. The largest absolute Gasteiger partial charge is 0.373 e. The number of fused-ring (bicyclic) bond motifs is 1. The summed E-state index contributed by atoms with van der Waals surface area (Å²) in [5.41, 5.74) is 7.62. The molecule has 1 saturated heterocycles. The minimum absolute atomic E-state index is 0.110. The van der Waals surface area contributed by atoms with Gasteiger partial charge in [-0.2, -0.15) is 5.10 Å². The van der Waals surface area contributed by atoms with Crippen molar-refractivity contribution in [1.82, 2.24) is 15.2 Å². The first kappa shape index (κ1) is 10.5. The highest BCUT2D eigenvalue weighted by Gasteiger charge is 2.21. The molecule has 0 aliphatic carbocycles. The summed E-state index contributed by atoms with van der Waals surface area (Å²) in [4.78, 5) is 6.51. The van der Waals surface area contributed by atoms with E-state index in [0.29, 0.717) is 13.2 Å². The number of pyridine rings is 1. The molecule has 17 heavy (non-hydrogen) atoms. The van der Waals surface area contributed by atoms with Crippen LogP contribution in [0.4, 0.5) is 5.69 Å². The van der Waals surface area contributed by atoms with Gasteiger partial charge < -0.3 is 15.4 Å². The van der Waals surface area contributed by atoms with Crippen molar-refractivity contribution in [2.45, 2.75) is 6.10 Å². The van der Waals surface area contributed by atoms with Crippen LogP contribution in [-0.4, -0.2) is 47.5 Å². The van der Waals surface area contributed by atoms with Gasteiger partial charge in [0.15, 0.2) is 5.65 Å². The summed E-state index contributed by atoms with van der Waals surface area (Å²) in [6.07, 6.45) is 3.71. The molecule has 0 amide bonds. The topological polar surface area (TPSA) is 80.1 Å². The third kappa shape index (κ3) is 1.85. The van der Waals surface area contributed by atoms with Gasteiger partial charge in [-0.05, 0) is 6.07 Å². The van der Waals surface area contributed by atoms with Crippen LogP contribution in [0.25, 0.3) is 11.0 Å². The van der Waals surface area contributed by atoms with Crippen LogP contribution < -0.4 is 10.6 Å². The molecule has 0 bridgehead atoms. The minimum atomic E-state index is 0.110. The number of aromatic nitrogens is 3. The predicted molar refractivity (Wildman–Crippen MR) is 64.9 cm³/mol. The van der Waals surface area contributed by atoms with E-state index in [1.165, 1.54) is 0 Å². The van der Waals surface area contributed by atoms with Crippen molar-refractivity contribution >= 4 is 16.7 Å². The SMILES string of the molecule is NC[C@H]1CN(c2ccnc3[nH]ncc23)CCO1. The summed E-state index contributed by atoms with van der Waals surface area (Å²) in [5.74, 6) is 0. The molecule has 3 N–H and O–H groups in total. The minimum Gasteiger partial charge on any atom is -0.373 e. The Hall–Kier alpha value is -1.66. The van der Waals surface area contributed by atoms with E-state index in [0.717, 1.165) is 29.8 Å². The van der Waals surface area contributed by atoms with Crippen molar-refractivity contribution in [2.24, 2.45) is 5.73 Å². The molecule has 1 fully saturated rings. The number of rotatable bonds is 2. The number of ether oxygens (including phenoxy) is 1. The number of anilines is 1. The highest BCUT2D eigenvalue weighted by atomic mass is 16.5. The molecular formula is C11H15N5O. The fourth-order valence-corrected chi connectivity index (χ4v) is 2.19.